The van der Waals surface area contributed by atoms with Gasteiger partial charge in [-0.3, -0.25) is 4.79 Å². The number of pyridine rings is 1. The summed E-state index contributed by atoms with van der Waals surface area (Å²) in [7, 11) is 1.33. The summed E-state index contributed by atoms with van der Waals surface area (Å²) in [5.41, 5.74) is -0.144. The van der Waals surface area contributed by atoms with Crippen LogP contribution < -0.4 is 4.74 Å². The van der Waals surface area contributed by atoms with E-state index in [0.29, 0.717) is 6.29 Å². The summed E-state index contributed by atoms with van der Waals surface area (Å²) in [5, 5.41) is 10.4. The Hall–Kier alpha value is -1.98. The number of aldehydes is 1. The number of ether oxygens (including phenoxy) is 1. The Bertz CT molecular complexity index is 350. The van der Waals surface area contributed by atoms with Crippen LogP contribution in [0.1, 0.15) is 10.4 Å². The zero-order valence-electron chi connectivity index (χ0n) is 6.76. The van der Waals surface area contributed by atoms with Crippen molar-refractivity contribution < 1.29 is 14.5 Å². The molecule has 0 radical (unpaired) electrons. The third-order valence-corrected chi connectivity index (χ3v) is 1.44. The first kappa shape index (κ1) is 9.11. The highest BCUT2D eigenvalue weighted by Gasteiger charge is 2.18. The number of hydrogen-bond acceptors (Lipinski definition) is 5. The van der Waals surface area contributed by atoms with Crippen molar-refractivity contribution in [1.82, 2.24) is 4.98 Å². The van der Waals surface area contributed by atoms with Crippen molar-refractivity contribution in [3.05, 3.63) is 27.9 Å². The summed E-state index contributed by atoms with van der Waals surface area (Å²) in [6.45, 7) is 0. The molecule has 0 aliphatic heterocycles. The van der Waals surface area contributed by atoms with Gasteiger partial charge in [-0.05, 0) is 9.91 Å². The average molecular weight is 182 g/mol. The lowest BCUT2D eigenvalue weighted by Crippen LogP contribution is -2.00. The van der Waals surface area contributed by atoms with Crippen LogP contribution in [0.15, 0.2) is 12.3 Å². The average Bonchev–Trinajstić information content (AvgIpc) is 2.16. The Balaban J connectivity index is 3.35. The predicted octanol–water partition coefficient (Wildman–Crippen LogP) is 0.811. The predicted molar refractivity (Wildman–Crippen MR) is 42.8 cm³/mol. The fraction of sp³-hybridized carbons (Fsp3) is 0.143. The Kier molecular flexibility index (Phi) is 2.53. The highest BCUT2D eigenvalue weighted by molar-refractivity contribution is 5.84. The molecule has 0 N–H and O–H groups in total. The minimum Gasteiger partial charge on any atom is -0.496 e. The Morgan fingerprint density at radius 1 is 1.69 bits per heavy atom. The molecule has 0 bridgehead atoms. The molecule has 0 aromatic carbocycles. The van der Waals surface area contributed by atoms with Gasteiger partial charge in [0.1, 0.15) is 11.9 Å². The molecule has 68 valence electrons. The van der Waals surface area contributed by atoms with E-state index in [0.717, 1.165) is 0 Å². The third-order valence-electron chi connectivity index (χ3n) is 1.44. The minimum absolute atomic E-state index is 0.144. The monoisotopic (exact) mass is 182 g/mol. The second-order valence-corrected chi connectivity index (χ2v) is 2.13. The number of aromatic nitrogens is 1. The smallest absolute Gasteiger partial charge is 0.377 e. The molecule has 1 heterocycles. The molecule has 1 aromatic heterocycles. The molecule has 0 aliphatic rings. The van der Waals surface area contributed by atoms with E-state index < -0.39 is 10.7 Å². The standard InChI is InChI=1S/C7H6N2O4/c1-13-6-2-3-8-7(9(11)12)5(6)4-10/h2-4H,1H3. The SMILES string of the molecule is COc1ccnc([N+](=O)[O-])c1C=O. The highest BCUT2D eigenvalue weighted by Crippen LogP contribution is 2.22. The molecule has 0 saturated heterocycles. The van der Waals surface area contributed by atoms with Gasteiger partial charge in [0, 0.05) is 6.07 Å². The zero-order valence-corrected chi connectivity index (χ0v) is 6.76. The molecular formula is C7H6N2O4. The lowest BCUT2D eigenvalue weighted by molar-refractivity contribution is -0.389. The number of nitro groups is 1. The molecule has 6 heteroatoms. The van der Waals surface area contributed by atoms with E-state index in [9.17, 15) is 14.9 Å². The normalized spacial score (nSPS) is 9.31. The summed E-state index contributed by atoms with van der Waals surface area (Å²) >= 11 is 0. The molecule has 1 rings (SSSR count). The van der Waals surface area contributed by atoms with Gasteiger partial charge in [0.05, 0.1) is 7.11 Å². The fourth-order valence-corrected chi connectivity index (χ4v) is 0.879. The number of rotatable bonds is 3. The molecule has 0 atom stereocenters. The van der Waals surface area contributed by atoms with Crippen molar-refractivity contribution in [2.24, 2.45) is 0 Å². The maximum atomic E-state index is 10.5. The van der Waals surface area contributed by atoms with E-state index in [1.807, 2.05) is 0 Å². The van der Waals surface area contributed by atoms with Gasteiger partial charge < -0.3 is 14.9 Å². The Morgan fingerprint density at radius 2 is 2.38 bits per heavy atom. The first-order chi connectivity index (χ1) is 6.20. The lowest BCUT2D eigenvalue weighted by atomic mass is 10.2. The zero-order chi connectivity index (χ0) is 9.84. The fourth-order valence-electron chi connectivity index (χ4n) is 0.879. The van der Waals surface area contributed by atoms with Crippen LogP contribution in [-0.4, -0.2) is 23.3 Å². The largest absolute Gasteiger partial charge is 0.496 e. The van der Waals surface area contributed by atoms with Crippen LogP contribution in [-0.2, 0) is 0 Å². The molecule has 0 spiro atoms. The topological polar surface area (TPSA) is 82.3 Å². The summed E-state index contributed by atoms with van der Waals surface area (Å²) in [4.78, 5) is 23.6. The molecule has 6 nitrogen and oxygen atoms in total. The van der Waals surface area contributed by atoms with E-state index in [-0.39, 0.29) is 11.3 Å². The summed E-state index contributed by atoms with van der Waals surface area (Å²) in [6.07, 6.45) is 1.56. The van der Waals surface area contributed by atoms with Gasteiger partial charge in [0.25, 0.3) is 0 Å². The number of carbonyl (C=O) groups is 1. The first-order valence-electron chi connectivity index (χ1n) is 3.33. The van der Waals surface area contributed by atoms with E-state index in [4.69, 9.17) is 4.74 Å². The first-order valence-corrected chi connectivity index (χ1v) is 3.33. The minimum atomic E-state index is -0.730. The molecule has 0 fully saturated rings. The van der Waals surface area contributed by atoms with Gasteiger partial charge in [-0.25, -0.2) is 0 Å². The number of carbonyl (C=O) groups excluding carboxylic acids is 1. The van der Waals surface area contributed by atoms with Gasteiger partial charge in [-0.15, -0.1) is 0 Å². The van der Waals surface area contributed by atoms with Gasteiger partial charge in [-0.2, -0.15) is 0 Å². The van der Waals surface area contributed by atoms with Crippen molar-refractivity contribution >= 4 is 12.1 Å². The molecule has 0 aliphatic carbocycles. The van der Waals surface area contributed by atoms with Crippen LogP contribution in [0.3, 0.4) is 0 Å². The lowest BCUT2D eigenvalue weighted by Gasteiger charge is -2.01. The Labute approximate surface area is 73.3 Å². The molecule has 0 unspecified atom stereocenters. The molecule has 0 amide bonds. The van der Waals surface area contributed by atoms with Crippen LogP contribution in [0.5, 0.6) is 5.75 Å². The molecule has 1 aromatic rings. The second kappa shape index (κ2) is 3.61. The summed E-state index contributed by atoms with van der Waals surface area (Å²) in [6, 6.07) is 1.39. The van der Waals surface area contributed by atoms with Crippen LogP contribution in [0.25, 0.3) is 0 Å². The van der Waals surface area contributed by atoms with Crippen molar-refractivity contribution in [2.75, 3.05) is 7.11 Å². The van der Waals surface area contributed by atoms with Crippen molar-refractivity contribution in [3.63, 3.8) is 0 Å². The number of hydrogen-bond donors (Lipinski definition) is 0. The van der Waals surface area contributed by atoms with Crippen molar-refractivity contribution in [2.45, 2.75) is 0 Å². The summed E-state index contributed by atoms with van der Waals surface area (Å²) in [5.74, 6) is -0.342. The molecule has 13 heavy (non-hydrogen) atoms. The third kappa shape index (κ3) is 1.61. The number of methoxy groups -OCH3 is 1. The van der Waals surface area contributed by atoms with Gasteiger partial charge >= 0.3 is 5.82 Å². The van der Waals surface area contributed by atoms with Crippen LogP contribution >= 0.6 is 0 Å². The molecule has 0 saturated carbocycles. The van der Waals surface area contributed by atoms with Gasteiger partial charge in [-0.1, -0.05) is 0 Å². The van der Waals surface area contributed by atoms with Gasteiger partial charge in [0.2, 0.25) is 0 Å². The quantitative estimate of drug-likeness (QED) is 0.392. The maximum Gasteiger partial charge on any atom is 0.377 e. The molecular weight excluding hydrogens is 176 g/mol. The van der Waals surface area contributed by atoms with Crippen LogP contribution in [0.4, 0.5) is 5.82 Å². The van der Waals surface area contributed by atoms with E-state index in [2.05, 4.69) is 4.98 Å². The van der Waals surface area contributed by atoms with Crippen molar-refractivity contribution in [1.29, 1.82) is 0 Å². The van der Waals surface area contributed by atoms with E-state index in [1.165, 1.54) is 19.4 Å². The van der Waals surface area contributed by atoms with Gasteiger partial charge in [0.15, 0.2) is 11.8 Å². The maximum absolute atomic E-state index is 10.5. The highest BCUT2D eigenvalue weighted by atomic mass is 16.6. The Morgan fingerprint density at radius 3 is 2.85 bits per heavy atom. The van der Waals surface area contributed by atoms with E-state index in [1.54, 1.807) is 0 Å². The van der Waals surface area contributed by atoms with Crippen molar-refractivity contribution in [3.8, 4) is 5.75 Å². The van der Waals surface area contributed by atoms with E-state index >= 15 is 0 Å². The summed E-state index contributed by atoms with van der Waals surface area (Å²) < 4.78 is 4.75. The second-order valence-electron chi connectivity index (χ2n) is 2.13. The number of nitrogens with zero attached hydrogens (tertiary/aromatic N) is 2. The van der Waals surface area contributed by atoms with Crippen LogP contribution in [0, 0.1) is 10.1 Å². The van der Waals surface area contributed by atoms with Crippen LogP contribution in [0.2, 0.25) is 0 Å².